The number of phenols is 1. The normalized spacial score (nSPS) is 20.5. The van der Waals surface area contributed by atoms with Crippen LogP contribution >= 0.6 is 11.8 Å². The summed E-state index contributed by atoms with van der Waals surface area (Å²) < 4.78 is 5.57. The first-order valence-corrected chi connectivity index (χ1v) is 11.2. The monoisotopic (exact) mass is 418 g/mol. The van der Waals surface area contributed by atoms with Crippen LogP contribution in [0.5, 0.6) is 5.75 Å². The van der Waals surface area contributed by atoms with Gasteiger partial charge in [0.15, 0.2) is 5.78 Å². The number of phenolic OH excluding ortho intramolecular Hbond substituents is 1. The number of ketones is 1. The van der Waals surface area contributed by atoms with Crippen molar-refractivity contribution in [2.75, 3.05) is 11.6 Å². The van der Waals surface area contributed by atoms with E-state index in [1.54, 1.807) is 23.9 Å². The third-order valence-corrected chi connectivity index (χ3v) is 6.83. The van der Waals surface area contributed by atoms with Crippen LogP contribution in [0.3, 0.4) is 0 Å². The molecule has 1 aliphatic carbocycles. The van der Waals surface area contributed by atoms with E-state index in [0.717, 1.165) is 33.7 Å². The number of rotatable bonds is 3. The molecule has 0 saturated carbocycles. The molecule has 5 nitrogen and oxygen atoms in total. The summed E-state index contributed by atoms with van der Waals surface area (Å²) >= 11 is 1.69. The summed E-state index contributed by atoms with van der Waals surface area (Å²) in [7, 11) is 0. The highest BCUT2D eigenvalue weighted by Gasteiger charge is 2.41. The van der Waals surface area contributed by atoms with Gasteiger partial charge in [0.2, 0.25) is 5.88 Å². The van der Waals surface area contributed by atoms with Gasteiger partial charge in [0.1, 0.15) is 5.75 Å². The SMILES string of the molecule is CSc1ccc([C@H]2C3=C(C[C@H](c4ccccc4O)CC3=O)Nc3onc(C)c32)cc1. The summed E-state index contributed by atoms with van der Waals surface area (Å²) in [5, 5.41) is 17.8. The van der Waals surface area contributed by atoms with E-state index in [-0.39, 0.29) is 23.4 Å². The van der Waals surface area contributed by atoms with Gasteiger partial charge in [-0.2, -0.15) is 0 Å². The van der Waals surface area contributed by atoms with E-state index in [0.29, 0.717) is 18.7 Å². The maximum Gasteiger partial charge on any atom is 0.233 e. The molecule has 1 aromatic heterocycles. The number of aryl methyl sites for hydroxylation is 1. The maximum atomic E-state index is 13.4. The number of carbonyl (C=O) groups excluding carboxylic acids is 1. The molecule has 0 saturated heterocycles. The van der Waals surface area contributed by atoms with Crippen molar-refractivity contribution in [3.05, 3.63) is 82.2 Å². The van der Waals surface area contributed by atoms with Crippen LogP contribution in [0.1, 0.15) is 47.1 Å². The fourth-order valence-corrected chi connectivity index (χ4v) is 5.06. The zero-order valence-electron chi connectivity index (χ0n) is 16.8. The number of fused-ring (bicyclic) bond motifs is 1. The van der Waals surface area contributed by atoms with Gasteiger partial charge in [-0.25, -0.2) is 0 Å². The van der Waals surface area contributed by atoms with E-state index in [9.17, 15) is 9.90 Å². The maximum absolute atomic E-state index is 13.4. The Balaban J connectivity index is 1.61. The second-order valence-corrected chi connectivity index (χ2v) is 8.70. The van der Waals surface area contributed by atoms with Gasteiger partial charge in [-0.15, -0.1) is 11.8 Å². The fourth-order valence-electron chi connectivity index (χ4n) is 4.65. The number of thioether (sulfide) groups is 1. The number of nitrogens with one attached hydrogen (secondary N) is 1. The highest BCUT2D eigenvalue weighted by Crippen LogP contribution is 2.49. The van der Waals surface area contributed by atoms with E-state index >= 15 is 0 Å². The van der Waals surface area contributed by atoms with Gasteiger partial charge in [0.25, 0.3) is 0 Å². The lowest BCUT2D eigenvalue weighted by Crippen LogP contribution is -2.29. The molecule has 2 N–H and O–H groups in total. The summed E-state index contributed by atoms with van der Waals surface area (Å²) in [5.74, 6) is 0.667. The Hall–Kier alpha value is -2.99. The van der Waals surface area contributed by atoms with E-state index in [4.69, 9.17) is 4.52 Å². The van der Waals surface area contributed by atoms with Crippen molar-refractivity contribution in [2.24, 2.45) is 0 Å². The van der Waals surface area contributed by atoms with Gasteiger partial charge in [0.05, 0.1) is 11.3 Å². The number of anilines is 1. The molecule has 5 rings (SSSR count). The molecule has 152 valence electrons. The van der Waals surface area contributed by atoms with Crippen LogP contribution in [0.4, 0.5) is 5.88 Å². The number of hydrogen-bond donors (Lipinski definition) is 2. The molecule has 0 spiro atoms. The Bertz CT molecular complexity index is 1160. The Kier molecular flexibility index (Phi) is 4.66. The number of benzene rings is 2. The lowest BCUT2D eigenvalue weighted by atomic mass is 9.72. The average Bonchev–Trinajstić information content (AvgIpc) is 3.13. The molecule has 0 fully saturated rings. The third-order valence-electron chi connectivity index (χ3n) is 6.08. The first-order chi connectivity index (χ1) is 14.6. The first kappa shape index (κ1) is 19.0. The molecule has 0 unspecified atom stereocenters. The highest BCUT2D eigenvalue weighted by molar-refractivity contribution is 7.98. The molecular formula is C24H22N2O3S. The van der Waals surface area contributed by atoms with Crippen molar-refractivity contribution in [1.82, 2.24) is 5.16 Å². The molecule has 2 aliphatic rings. The predicted octanol–water partition coefficient (Wildman–Crippen LogP) is 5.37. The second-order valence-electron chi connectivity index (χ2n) is 7.82. The van der Waals surface area contributed by atoms with E-state index < -0.39 is 0 Å². The second kappa shape index (κ2) is 7.36. The largest absolute Gasteiger partial charge is 0.508 e. The molecule has 0 radical (unpaired) electrons. The minimum Gasteiger partial charge on any atom is -0.508 e. The van der Waals surface area contributed by atoms with Crippen LogP contribution in [0, 0.1) is 6.92 Å². The molecular weight excluding hydrogens is 396 g/mol. The Morgan fingerprint density at radius 1 is 1.13 bits per heavy atom. The van der Waals surface area contributed by atoms with Crippen LogP contribution in [0.25, 0.3) is 0 Å². The highest BCUT2D eigenvalue weighted by atomic mass is 32.2. The Morgan fingerprint density at radius 3 is 2.63 bits per heavy atom. The fraction of sp³-hybridized carbons (Fsp3) is 0.250. The Labute approximate surface area is 179 Å². The van der Waals surface area contributed by atoms with Crippen molar-refractivity contribution in [3.63, 3.8) is 0 Å². The summed E-state index contributed by atoms with van der Waals surface area (Å²) in [6.45, 7) is 1.91. The molecule has 2 atom stereocenters. The lowest BCUT2D eigenvalue weighted by Gasteiger charge is -2.34. The summed E-state index contributed by atoms with van der Waals surface area (Å²) in [6, 6.07) is 15.6. The number of hydrogen-bond acceptors (Lipinski definition) is 6. The van der Waals surface area contributed by atoms with E-state index in [1.807, 2.05) is 25.3 Å². The number of nitrogens with zero attached hydrogens (tertiary/aromatic N) is 1. The van der Waals surface area contributed by atoms with Crippen LogP contribution in [-0.2, 0) is 4.79 Å². The number of allylic oxidation sites excluding steroid dienone is 2. The number of aromatic nitrogens is 1. The minimum absolute atomic E-state index is 0.0740. The number of para-hydroxylation sites is 1. The van der Waals surface area contributed by atoms with Crippen molar-refractivity contribution >= 4 is 23.4 Å². The van der Waals surface area contributed by atoms with E-state index in [2.05, 4.69) is 34.7 Å². The average molecular weight is 419 g/mol. The summed E-state index contributed by atoms with van der Waals surface area (Å²) in [5.41, 5.74) is 5.24. The molecule has 3 aromatic rings. The molecule has 2 aromatic carbocycles. The Morgan fingerprint density at radius 2 is 1.90 bits per heavy atom. The first-order valence-electron chi connectivity index (χ1n) is 9.98. The van der Waals surface area contributed by atoms with Crippen LogP contribution in [0.2, 0.25) is 0 Å². The summed E-state index contributed by atoms with van der Waals surface area (Å²) in [4.78, 5) is 14.6. The van der Waals surface area contributed by atoms with Gasteiger partial charge in [0, 0.05) is 34.4 Å². The molecule has 2 heterocycles. The quantitative estimate of drug-likeness (QED) is 0.557. The standard InChI is InChI=1S/C24H22N2O3S/c1-13-21-22(14-7-9-16(30-2)10-8-14)23-18(25-24(21)29-26-13)11-15(12-20(23)28)17-5-3-4-6-19(17)27/h3-10,15,22,25,27H,11-12H2,1-2H3/t15-,22+/m0/s1. The lowest BCUT2D eigenvalue weighted by molar-refractivity contribution is -0.116. The molecule has 1 aliphatic heterocycles. The molecule has 0 amide bonds. The van der Waals surface area contributed by atoms with Gasteiger partial charge >= 0.3 is 0 Å². The van der Waals surface area contributed by atoms with Crippen molar-refractivity contribution < 1.29 is 14.4 Å². The predicted molar refractivity (Wildman–Crippen MR) is 117 cm³/mol. The topological polar surface area (TPSA) is 75.4 Å². The van der Waals surface area contributed by atoms with E-state index in [1.165, 1.54) is 4.90 Å². The third kappa shape index (κ3) is 3.03. The van der Waals surface area contributed by atoms with Crippen LogP contribution < -0.4 is 5.32 Å². The summed E-state index contributed by atoms with van der Waals surface area (Å²) in [6.07, 6.45) is 3.06. The smallest absolute Gasteiger partial charge is 0.233 e. The van der Waals surface area contributed by atoms with Crippen molar-refractivity contribution in [3.8, 4) is 5.75 Å². The van der Waals surface area contributed by atoms with Gasteiger partial charge in [-0.1, -0.05) is 35.5 Å². The van der Waals surface area contributed by atoms with Crippen molar-refractivity contribution in [1.29, 1.82) is 0 Å². The molecule has 30 heavy (non-hydrogen) atoms. The van der Waals surface area contributed by atoms with Gasteiger partial charge in [-0.3, -0.25) is 4.79 Å². The van der Waals surface area contributed by atoms with Crippen LogP contribution in [0.15, 0.2) is 69.2 Å². The minimum atomic E-state index is -0.198. The number of carbonyl (C=O) groups is 1. The van der Waals surface area contributed by atoms with Crippen molar-refractivity contribution in [2.45, 2.75) is 36.5 Å². The number of aromatic hydroxyl groups is 1. The van der Waals surface area contributed by atoms with Crippen LogP contribution in [-0.4, -0.2) is 22.3 Å². The van der Waals surface area contributed by atoms with Gasteiger partial charge in [-0.05, 0) is 48.9 Å². The number of Topliss-reactive ketones (excluding diaryl/α,β-unsaturated/α-hetero) is 1. The molecule has 6 heteroatoms. The zero-order valence-corrected chi connectivity index (χ0v) is 17.6. The zero-order chi connectivity index (χ0) is 20.8. The van der Waals surface area contributed by atoms with Gasteiger partial charge < -0.3 is 14.9 Å². The molecule has 0 bridgehead atoms.